The first-order chi connectivity index (χ1) is 7.75. The van der Waals surface area contributed by atoms with Crippen LogP contribution in [0.3, 0.4) is 0 Å². The van der Waals surface area contributed by atoms with Gasteiger partial charge in [0, 0.05) is 6.04 Å². The lowest BCUT2D eigenvalue weighted by atomic mass is 9.92. The molecule has 1 atom stereocenters. The zero-order chi connectivity index (χ0) is 11.1. The molecule has 1 aromatic rings. The molecule has 0 amide bonds. The minimum Gasteiger partial charge on any atom is -0.296 e. The third-order valence-electron chi connectivity index (χ3n) is 4.36. The fourth-order valence-electron chi connectivity index (χ4n) is 3.37. The maximum Gasteiger partial charge on any atom is 0.0377 e. The molecular formula is C15H21N. The average molecular weight is 215 g/mol. The molecule has 1 heteroatoms. The summed E-state index contributed by atoms with van der Waals surface area (Å²) in [7, 11) is 0. The van der Waals surface area contributed by atoms with Gasteiger partial charge in [-0.05, 0) is 48.9 Å². The minimum absolute atomic E-state index is 0.648. The second-order valence-electron chi connectivity index (χ2n) is 5.64. The Morgan fingerprint density at radius 3 is 2.12 bits per heavy atom. The predicted octanol–water partition coefficient (Wildman–Crippen LogP) is 3.58. The summed E-state index contributed by atoms with van der Waals surface area (Å²) in [6.45, 7) is 7.16. The third-order valence-corrected chi connectivity index (χ3v) is 4.36. The average Bonchev–Trinajstić information content (AvgIpc) is 2.88. The fraction of sp³-hybridized carbons (Fsp3) is 0.600. The van der Waals surface area contributed by atoms with E-state index in [0.717, 1.165) is 12.0 Å². The molecule has 3 rings (SSSR count). The zero-order valence-corrected chi connectivity index (χ0v) is 10.3. The Balaban J connectivity index is 1.85. The molecule has 86 valence electrons. The Morgan fingerprint density at radius 1 is 1.06 bits per heavy atom. The molecule has 0 aromatic heterocycles. The van der Waals surface area contributed by atoms with Gasteiger partial charge in [0.15, 0.2) is 0 Å². The highest BCUT2D eigenvalue weighted by molar-refractivity contribution is 5.28. The summed E-state index contributed by atoms with van der Waals surface area (Å²) in [5.74, 6) is 1.58. The smallest absolute Gasteiger partial charge is 0.0377 e. The Labute approximate surface area is 98.5 Å². The van der Waals surface area contributed by atoms with E-state index >= 15 is 0 Å². The van der Waals surface area contributed by atoms with Crippen LogP contribution in [-0.4, -0.2) is 18.0 Å². The van der Waals surface area contributed by atoms with Crippen LogP contribution in [0.5, 0.6) is 0 Å². The first-order valence-corrected chi connectivity index (χ1v) is 6.59. The van der Waals surface area contributed by atoms with Crippen LogP contribution in [0.15, 0.2) is 24.3 Å². The van der Waals surface area contributed by atoms with Crippen molar-refractivity contribution in [1.82, 2.24) is 4.90 Å². The van der Waals surface area contributed by atoms with Gasteiger partial charge in [0.25, 0.3) is 0 Å². The highest BCUT2D eigenvalue weighted by Crippen LogP contribution is 2.44. The summed E-state index contributed by atoms with van der Waals surface area (Å²) in [6, 6.07) is 10.1. The monoisotopic (exact) mass is 215 g/mol. The number of benzene rings is 1. The Morgan fingerprint density at radius 2 is 1.69 bits per heavy atom. The highest BCUT2D eigenvalue weighted by atomic mass is 15.2. The number of fused-ring (bicyclic) bond motifs is 2. The van der Waals surface area contributed by atoms with Crippen LogP contribution in [0.4, 0.5) is 0 Å². The van der Waals surface area contributed by atoms with Crippen molar-refractivity contribution in [2.45, 2.75) is 38.6 Å². The quantitative estimate of drug-likeness (QED) is 0.729. The van der Waals surface area contributed by atoms with Gasteiger partial charge in [-0.3, -0.25) is 4.90 Å². The molecule has 0 saturated carbocycles. The lowest BCUT2D eigenvalue weighted by Gasteiger charge is -2.20. The van der Waals surface area contributed by atoms with Crippen LogP contribution in [-0.2, 0) is 0 Å². The molecule has 0 N–H and O–H groups in total. The lowest BCUT2D eigenvalue weighted by molar-refractivity contribution is 0.305. The normalized spacial score (nSPS) is 32.6. The molecule has 2 saturated heterocycles. The fourth-order valence-corrected chi connectivity index (χ4v) is 3.37. The Bertz CT molecular complexity index is 346. The van der Waals surface area contributed by atoms with Crippen LogP contribution in [0, 0.1) is 5.92 Å². The highest BCUT2D eigenvalue weighted by Gasteiger charge is 2.40. The van der Waals surface area contributed by atoms with Crippen LogP contribution in [0.25, 0.3) is 0 Å². The molecule has 2 fully saturated rings. The summed E-state index contributed by atoms with van der Waals surface area (Å²) < 4.78 is 0. The molecule has 1 nitrogen and oxygen atoms in total. The topological polar surface area (TPSA) is 3.24 Å². The summed E-state index contributed by atoms with van der Waals surface area (Å²) in [5.41, 5.74) is 3.01. The van der Waals surface area contributed by atoms with E-state index in [2.05, 4.69) is 43.0 Å². The van der Waals surface area contributed by atoms with E-state index in [1.54, 1.807) is 5.56 Å². The molecule has 1 aromatic carbocycles. The van der Waals surface area contributed by atoms with Crippen molar-refractivity contribution >= 4 is 0 Å². The number of piperidine rings is 1. The maximum atomic E-state index is 2.66. The Kier molecular flexibility index (Phi) is 2.51. The first kappa shape index (κ1) is 10.3. The van der Waals surface area contributed by atoms with Gasteiger partial charge < -0.3 is 0 Å². The van der Waals surface area contributed by atoms with E-state index < -0.39 is 0 Å². The van der Waals surface area contributed by atoms with E-state index in [1.807, 2.05) is 0 Å². The van der Waals surface area contributed by atoms with Crippen molar-refractivity contribution in [2.24, 2.45) is 5.92 Å². The number of nitrogens with zero attached hydrogens (tertiary/aromatic N) is 1. The third kappa shape index (κ3) is 1.58. The van der Waals surface area contributed by atoms with Crippen LogP contribution < -0.4 is 0 Å². The van der Waals surface area contributed by atoms with Gasteiger partial charge in [0.1, 0.15) is 0 Å². The largest absolute Gasteiger partial charge is 0.296 e. The first-order valence-electron chi connectivity index (χ1n) is 6.59. The van der Waals surface area contributed by atoms with Gasteiger partial charge >= 0.3 is 0 Å². The number of hydrogen-bond acceptors (Lipinski definition) is 1. The van der Waals surface area contributed by atoms with E-state index in [1.165, 1.54) is 31.5 Å². The summed E-state index contributed by atoms with van der Waals surface area (Å²) in [5, 5.41) is 0. The molecule has 0 aliphatic carbocycles. The van der Waals surface area contributed by atoms with Crippen LogP contribution >= 0.6 is 0 Å². The minimum atomic E-state index is 0.648. The van der Waals surface area contributed by atoms with Crippen LogP contribution in [0.2, 0.25) is 0 Å². The van der Waals surface area contributed by atoms with Gasteiger partial charge in [0.05, 0.1) is 0 Å². The summed E-state index contributed by atoms with van der Waals surface area (Å²) >= 11 is 0. The Hall–Kier alpha value is -0.820. The van der Waals surface area contributed by atoms with E-state index in [-0.39, 0.29) is 0 Å². The van der Waals surface area contributed by atoms with Crippen molar-refractivity contribution in [2.75, 3.05) is 13.1 Å². The van der Waals surface area contributed by atoms with Gasteiger partial charge in [-0.15, -0.1) is 0 Å². The second kappa shape index (κ2) is 3.89. The number of hydrogen-bond donors (Lipinski definition) is 0. The molecule has 2 heterocycles. The molecule has 0 spiro atoms. The van der Waals surface area contributed by atoms with Gasteiger partial charge in [-0.1, -0.05) is 38.1 Å². The van der Waals surface area contributed by atoms with E-state index in [9.17, 15) is 0 Å². The van der Waals surface area contributed by atoms with Gasteiger partial charge in [-0.25, -0.2) is 0 Å². The van der Waals surface area contributed by atoms with E-state index in [4.69, 9.17) is 0 Å². The second-order valence-corrected chi connectivity index (χ2v) is 5.64. The molecule has 16 heavy (non-hydrogen) atoms. The lowest BCUT2D eigenvalue weighted by Crippen LogP contribution is -2.19. The predicted molar refractivity (Wildman–Crippen MR) is 67.6 cm³/mol. The summed E-state index contributed by atoms with van der Waals surface area (Å²) in [4.78, 5) is 2.66. The zero-order valence-electron chi connectivity index (χ0n) is 10.3. The molecular weight excluding hydrogens is 194 g/mol. The molecule has 2 aliphatic heterocycles. The molecule has 2 aliphatic rings. The standard InChI is InChI=1S/C15H21N/c1-11(2)12-3-5-13(6-4-12)15-14-7-9-16(15)10-8-14/h3-6,11,14-15H,7-10H2,1-2H3. The molecule has 2 bridgehead atoms. The van der Waals surface area contributed by atoms with Crippen molar-refractivity contribution in [3.05, 3.63) is 35.4 Å². The maximum absolute atomic E-state index is 2.66. The van der Waals surface area contributed by atoms with Crippen molar-refractivity contribution in [3.63, 3.8) is 0 Å². The van der Waals surface area contributed by atoms with Crippen molar-refractivity contribution in [1.29, 1.82) is 0 Å². The SMILES string of the molecule is CC(C)c1ccc(C2C3CCN2CC3)cc1. The van der Waals surface area contributed by atoms with Crippen molar-refractivity contribution < 1.29 is 0 Å². The van der Waals surface area contributed by atoms with E-state index in [0.29, 0.717) is 5.92 Å². The van der Waals surface area contributed by atoms with Crippen LogP contribution in [0.1, 0.15) is 49.8 Å². The van der Waals surface area contributed by atoms with Gasteiger partial charge in [-0.2, -0.15) is 0 Å². The molecule has 0 radical (unpaired) electrons. The van der Waals surface area contributed by atoms with Crippen molar-refractivity contribution in [3.8, 4) is 0 Å². The number of rotatable bonds is 2. The van der Waals surface area contributed by atoms with Gasteiger partial charge in [0.2, 0.25) is 0 Å². The summed E-state index contributed by atoms with van der Waals surface area (Å²) in [6.07, 6.45) is 2.83. The molecule has 1 unspecified atom stereocenters.